The summed E-state index contributed by atoms with van der Waals surface area (Å²) in [4.78, 5) is 40.7. The first kappa shape index (κ1) is 26.2. The largest absolute Gasteiger partial charge is 0.490 e. The fourth-order valence-corrected chi connectivity index (χ4v) is 4.18. The number of benzene rings is 2. The number of nitrogens with zero attached hydrogens (tertiary/aromatic N) is 4. The van der Waals surface area contributed by atoms with E-state index in [4.69, 9.17) is 25.5 Å². The molecule has 37 heavy (non-hydrogen) atoms. The van der Waals surface area contributed by atoms with Crippen molar-refractivity contribution in [1.29, 1.82) is 0 Å². The Balaban J connectivity index is 1.52. The van der Waals surface area contributed by atoms with Crippen molar-refractivity contribution in [2.45, 2.75) is 39.8 Å². The SMILES string of the molecule is CCCc1nnc(CN2Cc3ccccc3N(C(=O)c3ccc(OCCOC(C)=O)cc3Cl)CC2=O)o1. The van der Waals surface area contributed by atoms with E-state index in [1.165, 1.54) is 17.9 Å². The van der Waals surface area contributed by atoms with E-state index in [0.29, 0.717) is 29.6 Å². The average Bonchev–Trinajstić information content (AvgIpc) is 3.26. The lowest BCUT2D eigenvalue weighted by Crippen LogP contribution is -2.40. The van der Waals surface area contributed by atoms with E-state index < -0.39 is 11.9 Å². The number of hydrogen-bond acceptors (Lipinski definition) is 8. The standard InChI is InChI=1S/C26H27ClN4O6/c1-3-6-23-28-29-24(37-23)15-30-14-18-7-4-5-8-22(18)31(16-25(30)33)26(34)20-10-9-19(13-21(20)27)36-12-11-35-17(2)32/h4-5,7-10,13H,3,6,11-12,14-16H2,1-2H3. The first-order valence-corrected chi connectivity index (χ1v) is 12.3. The van der Waals surface area contributed by atoms with Crippen LogP contribution >= 0.6 is 11.6 Å². The zero-order valence-electron chi connectivity index (χ0n) is 20.6. The summed E-state index contributed by atoms with van der Waals surface area (Å²) in [6, 6.07) is 12.0. The number of carbonyl (C=O) groups excluding carboxylic acids is 3. The van der Waals surface area contributed by atoms with E-state index in [0.717, 1.165) is 12.0 Å². The minimum absolute atomic E-state index is 0.0975. The molecule has 0 fully saturated rings. The Bertz CT molecular complexity index is 1290. The van der Waals surface area contributed by atoms with Crippen LogP contribution in [0.5, 0.6) is 5.75 Å². The van der Waals surface area contributed by atoms with Crippen LogP contribution in [0, 0.1) is 0 Å². The molecule has 1 aliphatic heterocycles. The summed E-state index contributed by atoms with van der Waals surface area (Å²) >= 11 is 6.44. The van der Waals surface area contributed by atoms with Gasteiger partial charge in [-0.15, -0.1) is 10.2 Å². The number of ether oxygens (including phenoxy) is 2. The summed E-state index contributed by atoms with van der Waals surface area (Å²) in [6.07, 6.45) is 1.54. The average molecular weight is 527 g/mol. The van der Waals surface area contributed by atoms with Crippen molar-refractivity contribution in [3.05, 3.63) is 70.4 Å². The van der Waals surface area contributed by atoms with Gasteiger partial charge in [-0.05, 0) is 36.2 Å². The molecule has 0 aliphatic carbocycles. The van der Waals surface area contributed by atoms with E-state index >= 15 is 0 Å². The van der Waals surface area contributed by atoms with Gasteiger partial charge in [0.15, 0.2) is 0 Å². The Labute approximate surface area is 219 Å². The van der Waals surface area contributed by atoms with Gasteiger partial charge < -0.3 is 18.8 Å². The first-order valence-electron chi connectivity index (χ1n) is 11.9. The topological polar surface area (TPSA) is 115 Å². The summed E-state index contributed by atoms with van der Waals surface area (Å²) < 4.78 is 16.0. The van der Waals surface area contributed by atoms with E-state index in [1.54, 1.807) is 23.1 Å². The van der Waals surface area contributed by atoms with Crippen LogP contribution in [0.4, 0.5) is 5.69 Å². The van der Waals surface area contributed by atoms with Crippen LogP contribution in [0.15, 0.2) is 46.9 Å². The molecule has 0 saturated carbocycles. The lowest BCUT2D eigenvalue weighted by atomic mass is 10.1. The number of aryl methyl sites for hydroxylation is 1. The quantitative estimate of drug-likeness (QED) is 0.305. The van der Waals surface area contributed by atoms with Gasteiger partial charge in [0.1, 0.15) is 25.5 Å². The van der Waals surface area contributed by atoms with Crippen molar-refractivity contribution in [1.82, 2.24) is 15.1 Å². The third-order valence-corrected chi connectivity index (χ3v) is 5.97. The summed E-state index contributed by atoms with van der Waals surface area (Å²) in [5.41, 5.74) is 1.65. The van der Waals surface area contributed by atoms with Gasteiger partial charge in [0.05, 0.1) is 17.1 Å². The minimum Gasteiger partial charge on any atom is -0.490 e. The Morgan fingerprint density at radius 2 is 1.86 bits per heavy atom. The number of aromatic nitrogens is 2. The second kappa shape index (κ2) is 11.9. The highest BCUT2D eigenvalue weighted by molar-refractivity contribution is 6.34. The molecule has 10 nitrogen and oxygen atoms in total. The molecule has 0 saturated heterocycles. The Morgan fingerprint density at radius 3 is 2.62 bits per heavy atom. The molecule has 0 unspecified atom stereocenters. The summed E-state index contributed by atoms with van der Waals surface area (Å²) in [5.74, 6) is 0.233. The summed E-state index contributed by atoms with van der Waals surface area (Å²) in [6.45, 7) is 3.83. The Hall–Kier alpha value is -3.92. The van der Waals surface area contributed by atoms with E-state index in [1.807, 2.05) is 25.1 Å². The minimum atomic E-state index is -0.415. The van der Waals surface area contributed by atoms with Gasteiger partial charge >= 0.3 is 5.97 Å². The number of amides is 2. The molecule has 2 amide bonds. The van der Waals surface area contributed by atoms with Crippen molar-refractivity contribution in [3.63, 3.8) is 0 Å². The highest BCUT2D eigenvalue weighted by Gasteiger charge is 2.31. The number of halogens is 1. The third-order valence-electron chi connectivity index (χ3n) is 5.66. The van der Waals surface area contributed by atoms with Crippen LogP contribution in [0.3, 0.4) is 0 Å². The van der Waals surface area contributed by atoms with Crippen molar-refractivity contribution >= 4 is 35.1 Å². The molecular formula is C26H27ClN4O6. The molecule has 2 heterocycles. The molecule has 0 radical (unpaired) electrons. The lowest BCUT2D eigenvalue weighted by Gasteiger charge is -2.23. The van der Waals surface area contributed by atoms with E-state index in [-0.39, 0.29) is 49.3 Å². The number of hydrogen-bond donors (Lipinski definition) is 0. The number of para-hydroxylation sites is 1. The van der Waals surface area contributed by atoms with Gasteiger partial charge in [-0.25, -0.2) is 0 Å². The molecular weight excluding hydrogens is 500 g/mol. The van der Waals surface area contributed by atoms with Crippen LogP contribution < -0.4 is 9.64 Å². The molecule has 0 bridgehead atoms. The molecule has 4 rings (SSSR count). The fraction of sp³-hybridized carbons (Fsp3) is 0.346. The fourth-order valence-electron chi connectivity index (χ4n) is 3.93. The van der Waals surface area contributed by atoms with Crippen molar-refractivity contribution in [2.24, 2.45) is 0 Å². The van der Waals surface area contributed by atoms with Gasteiger partial charge in [-0.3, -0.25) is 19.3 Å². The normalized spacial score (nSPS) is 13.2. The van der Waals surface area contributed by atoms with Crippen molar-refractivity contribution in [3.8, 4) is 5.75 Å². The van der Waals surface area contributed by atoms with Crippen LogP contribution in [-0.4, -0.2) is 52.6 Å². The van der Waals surface area contributed by atoms with Gasteiger partial charge in [0.25, 0.3) is 5.91 Å². The highest BCUT2D eigenvalue weighted by atomic mass is 35.5. The maximum Gasteiger partial charge on any atom is 0.302 e. The monoisotopic (exact) mass is 526 g/mol. The molecule has 1 aliphatic rings. The molecule has 0 atom stereocenters. The molecule has 3 aromatic rings. The predicted molar refractivity (Wildman–Crippen MR) is 134 cm³/mol. The van der Waals surface area contributed by atoms with E-state index in [9.17, 15) is 14.4 Å². The predicted octanol–water partition coefficient (Wildman–Crippen LogP) is 3.81. The number of esters is 1. The van der Waals surface area contributed by atoms with E-state index in [2.05, 4.69) is 10.2 Å². The second-order valence-electron chi connectivity index (χ2n) is 8.44. The summed E-state index contributed by atoms with van der Waals surface area (Å²) in [5, 5.41) is 8.27. The zero-order valence-corrected chi connectivity index (χ0v) is 21.4. The second-order valence-corrected chi connectivity index (χ2v) is 8.85. The number of carbonyl (C=O) groups is 3. The zero-order chi connectivity index (χ0) is 26.4. The van der Waals surface area contributed by atoms with Gasteiger partial charge in [0.2, 0.25) is 17.7 Å². The third kappa shape index (κ3) is 6.45. The molecule has 194 valence electrons. The van der Waals surface area contributed by atoms with Crippen molar-refractivity contribution in [2.75, 3.05) is 24.7 Å². The van der Waals surface area contributed by atoms with Crippen LogP contribution in [0.25, 0.3) is 0 Å². The smallest absolute Gasteiger partial charge is 0.302 e. The van der Waals surface area contributed by atoms with Gasteiger partial charge in [-0.1, -0.05) is 36.7 Å². The molecule has 1 aromatic heterocycles. The van der Waals surface area contributed by atoms with Gasteiger partial charge in [0, 0.05) is 25.6 Å². The molecule has 11 heteroatoms. The van der Waals surface area contributed by atoms with Crippen LogP contribution in [-0.2, 0) is 33.8 Å². The maximum absolute atomic E-state index is 13.6. The number of rotatable bonds is 9. The Morgan fingerprint density at radius 1 is 1.08 bits per heavy atom. The maximum atomic E-state index is 13.6. The molecule has 2 aromatic carbocycles. The van der Waals surface area contributed by atoms with Crippen molar-refractivity contribution < 1.29 is 28.3 Å². The first-order chi connectivity index (χ1) is 17.9. The number of anilines is 1. The van der Waals surface area contributed by atoms with Crippen LogP contribution in [0.1, 0.15) is 48.0 Å². The van der Waals surface area contributed by atoms with Crippen LogP contribution in [0.2, 0.25) is 5.02 Å². The Kier molecular flexibility index (Phi) is 8.39. The summed E-state index contributed by atoms with van der Waals surface area (Å²) in [7, 11) is 0. The number of fused-ring (bicyclic) bond motifs is 1. The lowest BCUT2D eigenvalue weighted by molar-refractivity contribution is -0.141. The molecule has 0 spiro atoms. The molecule has 0 N–H and O–H groups in total. The van der Waals surface area contributed by atoms with Gasteiger partial charge in [-0.2, -0.15) is 0 Å². The highest BCUT2D eigenvalue weighted by Crippen LogP contribution is 2.30.